The predicted octanol–water partition coefficient (Wildman–Crippen LogP) is 2.35. The number of halogens is 1. The predicted molar refractivity (Wildman–Crippen MR) is 60.7 cm³/mol. The standard InChI is InChI=1S/C11H10NO2.BrH.Zn/c1-2-7-12-10(13)8-5-3-4-6-9(8)11(12)14;;/h3-6H,1-2,7H2;1H;/q-1;;+2/p-1. The van der Waals surface area contributed by atoms with E-state index in [2.05, 4.69) is 20.5 Å². The monoisotopic (exact) mass is 331 g/mol. The fraction of sp³-hybridized carbons (Fsp3) is 0.182. The molecular formula is C11H10BrNO2Zn. The molecule has 0 bridgehead atoms. The van der Waals surface area contributed by atoms with Crippen molar-refractivity contribution >= 4 is 25.4 Å². The molecule has 0 atom stereocenters. The maximum atomic E-state index is 11.7. The van der Waals surface area contributed by atoms with Gasteiger partial charge in [0.2, 0.25) is 0 Å². The van der Waals surface area contributed by atoms with E-state index in [-0.39, 0.29) is 11.8 Å². The summed E-state index contributed by atoms with van der Waals surface area (Å²) >= 11 is 4.25. The number of rotatable bonds is 2. The van der Waals surface area contributed by atoms with Crippen LogP contribution in [0.15, 0.2) is 24.3 Å². The van der Waals surface area contributed by atoms with Crippen LogP contribution in [0.2, 0.25) is 0 Å². The molecule has 1 aromatic carbocycles. The molecule has 1 aliphatic heterocycles. The molecule has 0 saturated carbocycles. The molecule has 0 unspecified atom stereocenters. The molecule has 3 nitrogen and oxygen atoms in total. The zero-order valence-electron chi connectivity index (χ0n) is 8.78. The third-order valence-corrected chi connectivity index (χ3v) is 2.26. The van der Waals surface area contributed by atoms with Gasteiger partial charge in [0.1, 0.15) is 0 Å². The quantitative estimate of drug-likeness (QED) is 0.473. The maximum absolute atomic E-state index is 11.7. The Hall–Kier alpha value is -0.537. The van der Waals surface area contributed by atoms with Gasteiger partial charge in [0.05, 0.1) is 11.1 Å². The van der Waals surface area contributed by atoms with E-state index in [1.807, 2.05) is 0 Å². The first kappa shape index (κ1) is 13.5. The molecule has 0 radical (unpaired) electrons. The summed E-state index contributed by atoms with van der Waals surface area (Å²) in [5.74, 6) is -0.400. The van der Waals surface area contributed by atoms with Crippen LogP contribution in [0.1, 0.15) is 27.1 Å². The molecule has 2 rings (SSSR count). The van der Waals surface area contributed by atoms with Crippen LogP contribution >= 0.6 is 13.6 Å². The van der Waals surface area contributed by atoms with Crippen molar-refractivity contribution in [1.82, 2.24) is 4.90 Å². The Morgan fingerprint density at radius 1 is 1.12 bits per heavy atom. The Labute approximate surface area is 111 Å². The Balaban J connectivity index is 0.000000606. The third kappa shape index (κ3) is 2.41. The number of carbonyl (C=O) groups excluding carboxylic acids is 2. The first-order valence-corrected chi connectivity index (χ1v) is 11.7. The zero-order valence-corrected chi connectivity index (χ0v) is 13.3. The number of fused-ring (bicyclic) bond motifs is 1. The molecule has 1 aliphatic rings. The van der Waals surface area contributed by atoms with Crippen molar-refractivity contribution in [3.63, 3.8) is 0 Å². The first-order chi connectivity index (χ1) is 7.75. The Morgan fingerprint density at radius 3 is 1.94 bits per heavy atom. The molecule has 80 valence electrons. The molecule has 0 fully saturated rings. The van der Waals surface area contributed by atoms with Gasteiger partial charge in [-0.25, -0.2) is 0 Å². The number of hydrogen-bond donors (Lipinski definition) is 0. The summed E-state index contributed by atoms with van der Waals surface area (Å²) < 4.78 is 0. The summed E-state index contributed by atoms with van der Waals surface area (Å²) in [6, 6.07) is 6.88. The van der Waals surface area contributed by atoms with Crippen molar-refractivity contribution in [1.29, 1.82) is 0 Å². The fourth-order valence-corrected chi connectivity index (χ4v) is 1.60. The van der Waals surface area contributed by atoms with E-state index >= 15 is 0 Å². The Kier molecular flexibility index (Phi) is 5.29. The van der Waals surface area contributed by atoms with Crippen LogP contribution in [0, 0.1) is 6.92 Å². The van der Waals surface area contributed by atoms with Crippen molar-refractivity contribution in [3.8, 4) is 0 Å². The summed E-state index contributed by atoms with van der Waals surface area (Å²) in [7, 11) is 0. The Bertz CT molecular complexity index is 374. The van der Waals surface area contributed by atoms with E-state index in [4.69, 9.17) is 0 Å². The molecule has 1 heterocycles. The average molecular weight is 333 g/mol. The second kappa shape index (κ2) is 6.26. The van der Waals surface area contributed by atoms with Crippen molar-refractivity contribution in [3.05, 3.63) is 42.3 Å². The van der Waals surface area contributed by atoms with Gasteiger partial charge in [-0.3, -0.25) is 14.5 Å². The Morgan fingerprint density at radius 2 is 1.56 bits per heavy atom. The molecule has 16 heavy (non-hydrogen) atoms. The van der Waals surface area contributed by atoms with Crippen molar-refractivity contribution in [2.75, 3.05) is 6.54 Å². The van der Waals surface area contributed by atoms with Crippen LogP contribution in [-0.2, 0) is 16.3 Å². The minimum absolute atomic E-state index is 0.200. The molecule has 0 saturated heterocycles. The van der Waals surface area contributed by atoms with Crippen LogP contribution in [0.5, 0.6) is 0 Å². The minimum atomic E-state index is -0.200. The summed E-state index contributed by atoms with van der Waals surface area (Å²) in [4.78, 5) is 24.6. The van der Waals surface area contributed by atoms with E-state index in [1.165, 1.54) is 21.2 Å². The summed E-state index contributed by atoms with van der Waals surface area (Å²) in [5.41, 5.74) is 1.01. The molecule has 2 amide bonds. The summed E-state index contributed by atoms with van der Waals surface area (Å²) in [6.07, 6.45) is 0.547. The first-order valence-electron chi connectivity index (χ1n) is 4.77. The average Bonchev–Trinajstić information content (AvgIpc) is 2.58. The van der Waals surface area contributed by atoms with Gasteiger partial charge in [0.25, 0.3) is 11.8 Å². The van der Waals surface area contributed by atoms with Crippen molar-refractivity contribution in [2.24, 2.45) is 0 Å². The van der Waals surface area contributed by atoms with E-state index in [0.29, 0.717) is 24.1 Å². The SMILES string of the molecule is [CH2-]CCN1C(=O)c2ccccc2C1=O.[Zn+][Br]. The van der Waals surface area contributed by atoms with E-state index in [0.717, 1.165) is 0 Å². The summed E-state index contributed by atoms with van der Waals surface area (Å²) in [6.45, 7) is 4.03. The number of nitrogens with zero attached hydrogens (tertiary/aromatic N) is 1. The van der Waals surface area contributed by atoms with E-state index in [1.54, 1.807) is 24.3 Å². The second-order valence-electron chi connectivity index (χ2n) is 3.16. The second-order valence-corrected chi connectivity index (χ2v) is 3.16. The van der Waals surface area contributed by atoms with E-state index in [9.17, 15) is 9.59 Å². The van der Waals surface area contributed by atoms with Gasteiger partial charge in [0, 0.05) is 6.54 Å². The van der Waals surface area contributed by atoms with Crippen LogP contribution in [-0.4, -0.2) is 23.3 Å². The molecule has 0 aliphatic carbocycles. The number of amides is 2. The molecule has 0 spiro atoms. The fourth-order valence-electron chi connectivity index (χ4n) is 1.60. The number of benzene rings is 1. The number of hydrogen-bond acceptors (Lipinski definition) is 2. The van der Waals surface area contributed by atoms with Gasteiger partial charge in [0.15, 0.2) is 0 Å². The normalized spacial score (nSPS) is 13.4. The van der Waals surface area contributed by atoms with Gasteiger partial charge in [-0.15, -0.1) is 0 Å². The molecule has 0 N–H and O–H groups in total. The van der Waals surface area contributed by atoms with E-state index < -0.39 is 0 Å². The molecule has 5 heteroatoms. The van der Waals surface area contributed by atoms with Gasteiger partial charge in [-0.05, 0) is 12.1 Å². The van der Waals surface area contributed by atoms with Crippen LogP contribution in [0.3, 0.4) is 0 Å². The van der Waals surface area contributed by atoms with Crippen LogP contribution in [0.4, 0.5) is 0 Å². The topological polar surface area (TPSA) is 37.4 Å². The molecule has 1 aromatic rings. The number of imide groups is 1. The van der Waals surface area contributed by atoms with Crippen molar-refractivity contribution < 1.29 is 25.9 Å². The summed E-state index contributed by atoms with van der Waals surface area (Å²) in [5, 5.41) is 0. The number of carbonyl (C=O) groups is 2. The van der Waals surface area contributed by atoms with Gasteiger partial charge < -0.3 is 6.92 Å². The van der Waals surface area contributed by atoms with Gasteiger partial charge in [-0.2, -0.15) is 6.42 Å². The molecule has 0 aromatic heterocycles. The zero-order chi connectivity index (χ0) is 12.1. The van der Waals surface area contributed by atoms with Crippen LogP contribution < -0.4 is 0 Å². The van der Waals surface area contributed by atoms with Crippen molar-refractivity contribution in [2.45, 2.75) is 6.42 Å². The van der Waals surface area contributed by atoms with Gasteiger partial charge in [-0.1, -0.05) is 12.1 Å². The third-order valence-electron chi connectivity index (χ3n) is 2.26. The van der Waals surface area contributed by atoms with Crippen LogP contribution in [0.25, 0.3) is 0 Å². The molecular weight excluding hydrogens is 323 g/mol. The van der Waals surface area contributed by atoms with Gasteiger partial charge >= 0.3 is 30.0 Å².